The molecule has 4 aromatic rings. The molecule has 166 valence electrons. The van der Waals surface area contributed by atoms with E-state index in [9.17, 15) is 5.11 Å². The van der Waals surface area contributed by atoms with Crippen LogP contribution in [0.15, 0.2) is 36.5 Å². The maximum absolute atomic E-state index is 10.3. The summed E-state index contributed by atoms with van der Waals surface area (Å²) in [4.78, 5) is 17.2. The Kier molecular flexibility index (Phi) is 5.93. The van der Waals surface area contributed by atoms with Crippen LogP contribution in [-0.2, 0) is 12.8 Å². The minimum absolute atomic E-state index is 0.193. The minimum Gasteiger partial charge on any atom is -0.457 e. The minimum atomic E-state index is -0.193. The first kappa shape index (κ1) is 21.1. The average Bonchev–Trinajstić information content (AvgIpc) is 3.37. The van der Waals surface area contributed by atoms with Crippen molar-refractivity contribution < 1.29 is 9.84 Å². The van der Waals surface area contributed by atoms with E-state index in [2.05, 4.69) is 21.9 Å². The van der Waals surface area contributed by atoms with Gasteiger partial charge in [-0.3, -0.25) is 4.98 Å². The smallest absolute Gasteiger partial charge is 0.156 e. The molecule has 6 nitrogen and oxygen atoms in total. The molecular formula is C25H28N4O2S. The number of fused-ring (bicyclic) bond motifs is 1. The molecule has 2 N–H and O–H groups in total. The number of aliphatic hydroxyl groups excluding tert-OH is 1. The number of benzene rings is 1. The number of aliphatic hydroxyl groups is 1. The van der Waals surface area contributed by atoms with Crippen LogP contribution in [0, 0.1) is 12.8 Å². The van der Waals surface area contributed by atoms with E-state index in [1.807, 2.05) is 37.3 Å². The molecule has 0 spiro atoms. The van der Waals surface area contributed by atoms with Crippen LogP contribution in [0.3, 0.4) is 0 Å². The lowest BCUT2D eigenvalue weighted by Crippen LogP contribution is -2.26. The Hall–Kier alpha value is -2.77. The Labute approximate surface area is 191 Å². The van der Waals surface area contributed by atoms with Gasteiger partial charge in [0.2, 0.25) is 0 Å². The third kappa shape index (κ3) is 4.40. The second kappa shape index (κ2) is 9.00. The number of aromatic amines is 1. The number of H-pyrrole nitrogens is 1. The predicted octanol–water partition coefficient (Wildman–Crippen LogP) is 5.84. The van der Waals surface area contributed by atoms with Gasteiger partial charge in [0.25, 0.3) is 0 Å². The van der Waals surface area contributed by atoms with Crippen molar-refractivity contribution in [2.24, 2.45) is 5.92 Å². The van der Waals surface area contributed by atoms with Gasteiger partial charge in [-0.1, -0.05) is 19.8 Å². The average molecular weight is 449 g/mol. The van der Waals surface area contributed by atoms with Gasteiger partial charge in [-0.15, -0.1) is 11.3 Å². The van der Waals surface area contributed by atoms with Gasteiger partial charge in [-0.05, 0) is 50.3 Å². The molecule has 1 aliphatic carbocycles. The van der Waals surface area contributed by atoms with Gasteiger partial charge >= 0.3 is 0 Å². The summed E-state index contributed by atoms with van der Waals surface area (Å²) in [6, 6.07) is 9.76. The van der Waals surface area contributed by atoms with Gasteiger partial charge in [0.15, 0.2) is 5.82 Å². The number of ether oxygens (including phenoxy) is 1. The van der Waals surface area contributed by atoms with Crippen LogP contribution in [-0.4, -0.2) is 31.1 Å². The molecule has 1 aromatic carbocycles. The number of pyridine rings is 1. The summed E-state index contributed by atoms with van der Waals surface area (Å²) in [5, 5.41) is 11.4. The SMILES string of the molecule is CCc1nc(-c2cc(Oc3ccc4nc(C[C@@H]5CCCC[C@H]5O)sc4c3)ccn2)[nH]c1C. The number of aromatic nitrogens is 4. The third-order valence-electron chi connectivity index (χ3n) is 6.24. The summed E-state index contributed by atoms with van der Waals surface area (Å²) in [7, 11) is 0. The highest BCUT2D eigenvalue weighted by molar-refractivity contribution is 7.18. The zero-order valence-electron chi connectivity index (χ0n) is 18.5. The molecule has 3 heterocycles. The van der Waals surface area contributed by atoms with E-state index < -0.39 is 0 Å². The number of thiazole rings is 1. The van der Waals surface area contributed by atoms with Gasteiger partial charge in [0.05, 0.1) is 27.0 Å². The highest BCUT2D eigenvalue weighted by Gasteiger charge is 2.24. The number of hydrogen-bond acceptors (Lipinski definition) is 6. The van der Waals surface area contributed by atoms with E-state index in [1.165, 1.54) is 6.42 Å². The standard InChI is InChI=1S/C25H28N4O2S/c1-3-19-15(2)27-25(29-19)21-13-18(10-11-26-21)31-17-8-9-20-23(14-17)32-24(28-20)12-16-6-4-5-7-22(16)30/h8-11,13-14,16,22,30H,3-7,12H2,1-2H3,(H,27,29)/t16-,22+/m0/s1. The summed E-state index contributed by atoms with van der Waals surface area (Å²) in [5.41, 5.74) is 3.87. The molecule has 32 heavy (non-hydrogen) atoms. The zero-order valence-corrected chi connectivity index (χ0v) is 19.3. The van der Waals surface area contributed by atoms with E-state index in [0.717, 1.165) is 81.7 Å². The third-order valence-corrected chi connectivity index (χ3v) is 7.28. The molecule has 1 aliphatic rings. The van der Waals surface area contributed by atoms with E-state index in [-0.39, 0.29) is 6.10 Å². The van der Waals surface area contributed by atoms with Crippen molar-refractivity contribution >= 4 is 21.6 Å². The van der Waals surface area contributed by atoms with Crippen LogP contribution in [0.1, 0.15) is 49.0 Å². The number of aryl methyl sites for hydroxylation is 2. The maximum atomic E-state index is 10.3. The highest BCUT2D eigenvalue weighted by atomic mass is 32.1. The largest absolute Gasteiger partial charge is 0.457 e. The molecule has 1 fully saturated rings. The molecular weight excluding hydrogens is 420 g/mol. The Morgan fingerprint density at radius 1 is 1.12 bits per heavy atom. The molecule has 0 amide bonds. The quantitative estimate of drug-likeness (QED) is 0.387. The number of rotatable bonds is 6. The number of hydrogen-bond donors (Lipinski definition) is 2. The fraction of sp³-hybridized carbons (Fsp3) is 0.400. The van der Waals surface area contributed by atoms with Crippen molar-refractivity contribution in [1.29, 1.82) is 0 Å². The van der Waals surface area contributed by atoms with E-state index in [0.29, 0.717) is 5.92 Å². The first-order valence-electron chi connectivity index (χ1n) is 11.4. The van der Waals surface area contributed by atoms with Crippen molar-refractivity contribution in [3.63, 3.8) is 0 Å². The van der Waals surface area contributed by atoms with Gasteiger partial charge in [-0.25, -0.2) is 9.97 Å². The van der Waals surface area contributed by atoms with Gasteiger partial charge in [0.1, 0.15) is 17.2 Å². The highest BCUT2D eigenvalue weighted by Crippen LogP contribution is 2.33. The van der Waals surface area contributed by atoms with Gasteiger partial charge in [-0.2, -0.15) is 0 Å². The Morgan fingerprint density at radius 2 is 1.97 bits per heavy atom. The van der Waals surface area contributed by atoms with Crippen molar-refractivity contribution in [1.82, 2.24) is 19.9 Å². The number of nitrogens with zero attached hydrogens (tertiary/aromatic N) is 3. The molecule has 0 unspecified atom stereocenters. The van der Waals surface area contributed by atoms with Crippen LogP contribution in [0.5, 0.6) is 11.5 Å². The first-order valence-corrected chi connectivity index (χ1v) is 12.2. The molecule has 0 bridgehead atoms. The van der Waals surface area contributed by atoms with Crippen molar-refractivity contribution in [3.05, 3.63) is 52.9 Å². The Morgan fingerprint density at radius 3 is 2.78 bits per heavy atom. The predicted molar refractivity (Wildman–Crippen MR) is 127 cm³/mol. The molecule has 7 heteroatoms. The second-order valence-corrected chi connectivity index (χ2v) is 9.66. The summed E-state index contributed by atoms with van der Waals surface area (Å²) < 4.78 is 7.25. The van der Waals surface area contributed by atoms with Crippen LogP contribution in [0.2, 0.25) is 0 Å². The summed E-state index contributed by atoms with van der Waals surface area (Å²) in [6.45, 7) is 4.13. The fourth-order valence-electron chi connectivity index (χ4n) is 4.46. The molecule has 1 saturated carbocycles. The lowest BCUT2D eigenvalue weighted by Gasteiger charge is -2.26. The summed E-state index contributed by atoms with van der Waals surface area (Å²) in [6.07, 6.45) is 7.63. The summed E-state index contributed by atoms with van der Waals surface area (Å²) in [5.74, 6) is 2.58. The van der Waals surface area contributed by atoms with Crippen molar-refractivity contribution in [3.8, 4) is 23.0 Å². The van der Waals surface area contributed by atoms with E-state index >= 15 is 0 Å². The summed E-state index contributed by atoms with van der Waals surface area (Å²) >= 11 is 1.69. The van der Waals surface area contributed by atoms with Gasteiger partial charge < -0.3 is 14.8 Å². The molecule has 2 atom stereocenters. The molecule has 5 rings (SSSR count). The lowest BCUT2D eigenvalue weighted by atomic mass is 9.84. The Balaban J connectivity index is 1.34. The molecule has 0 radical (unpaired) electrons. The first-order chi connectivity index (χ1) is 15.6. The lowest BCUT2D eigenvalue weighted by molar-refractivity contribution is 0.0700. The van der Waals surface area contributed by atoms with E-state index in [1.54, 1.807) is 17.5 Å². The molecule has 0 saturated heterocycles. The van der Waals surface area contributed by atoms with Crippen LogP contribution < -0.4 is 4.74 Å². The topological polar surface area (TPSA) is 83.9 Å². The van der Waals surface area contributed by atoms with Crippen molar-refractivity contribution in [2.75, 3.05) is 0 Å². The number of nitrogens with one attached hydrogen (secondary N) is 1. The van der Waals surface area contributed by atoms with Crippen LogP contribution in [0.25, 0.3) is 21.7 Å². The van der Waals surface area contributed by atoms with Crippen LogP contribution >= 0.6 is 11.3 Å². The maximum Gasteiger partial charge on any atom is 0.156 e. The normalized spacial score (nSPS) is 18.8. The van der Waals surface area contributed by atoms with Gasteiger partial charge in [0, 0.05) is 30.4 Å². The second-order valence-electron chi connectivity index (χ2n) is 8.54. The zero-order chi connectivity index (χ0) is 22.1. The fourth-order valence-corrected chi connectivity index (χ4v) is 5.54. The number of imidazole rings is 1. The monoisotopic (exact) mass is 448 g/mol. The molecule has 3 aromatic heterocycles. The van der Waals surface area contributed by atoms with Crippen molar-refractivity contribution in [2.45, 2.75) is 58.5 Å². The molecule has 0 aliphatic heterocycles. The van der Waals surface area contributed by atoms with Crippen LogP contribution in [0.4, 0.5) is 0 Å². The Bertz CT molecular complexity index is 1230. The van der Waals surface area contributed by atoms with E-state index in [4.69, 9.17) is 9.72 Å².